The van der Waals surface area contributed by atoms with Crippen molar-refractivity contribution < 1.29 is 4.79 Å². The Morgan fingerprint density at radius 2 is 2.21 bits per heavy atom. The summed E-state index contributed by atoms with van der Waals surface area (Å²) in [4.78, 5) is 14.0. The van der Waals surface area contributed by atoms with Crippen molar-refractivity contribution in [1.82, 2.24) is 15.1 Å². The number of anilines is 1. The minimum atomic E-state index is -0.0763. The van der Waals surface area contributed by atoms with E-state index in [1.54, 1.807) is 4.68 Å². The van der Waals surface area contributed by atoms with E-state index in [1.165, 1.54) is 29.7 Å². The second-order valence-electron chi connectivity index (χ2n) is 8.12. The number of benzene rings is 1. The summed E-state index contributed by atoms with van der Waals surface area (Å²) in [5.41, 5.74) is 2.92. The van der Waals surface area contributed by atoms with Crippen LogP contribution in [0, 0.1) is 5.92 Å². The molecule has 5 nitrogen and oxygen atoms in total. The quantitative estimate of drug-likeness (QED) is 0.745. The largest absolute Gasteiger partial charge is 0.313 e. The van der Waals surface area contributed by atoms with Gasteiger partial charge in [-0.1, -0.05) is 18.2 Å². The Labute approximate surface area is 170 Å². The lowest BCUT2D eigenvalue weighted by Gasteiger charge is -2.07. The Morgan fingerprint density at radius 1 is 1.32 bits per heavy atom. The van der Waals surface area contributed by atoms with Crippen LogP contribution in [0.1, 0.15) is 53.2 Å². The predicted octanol–water partition coefficient (Wildman–Crippen LogP) is 4.01. The van der Waals surface area contributed by atoms with E-state index in [2.05, 4.69) is 27.9 Å². The SMILES string of the molecule is Cn1nc(C2=CCCS2)cc1NC(=O)c1cccc(C2CC2NCC2CC2)c1. The van der Waals surface area contributed by atoms with Crippen molar-refractivity contribution in [2.75, 3.05) is 17.6 Å². The summed E-state index contributed by atoms with van der Waals surface area (Å²) in [6, 6.07) is 10.6. The number of allylic oxidation sites excluding steroid dienone is 1. The summed E-state index contributed by atoms with van der Waals surface area (Å²) in [5, 5.41) is 11.2. The van der Waals surface area contributed by atoms with Crippen LogP contribution >= 0.6 is 11.8 Å². The summed E-state index contributed by atoms with van der Waals surface area (Å²) in [7, 11) is 1.87. The highest BCUT2D eigenvalue weighted by molar-refractivity contribution is 8.08. The van der Waals surface area contributed by atoms with Crippen molar-refractivity contribution in [2.24, 2.45) is 13.0 Å². The Kier molecular flexibility index (Phi) is 4.77. The molecule has 2 unspecified atom stereocenters. The van der Waals surface area contributed by atoms with E-state index >= 15 is 0 Å². The maximum atomic E-state index is 12.8. The molecule has 5 rings (SSSR count). The van der Waals surface area contributed by atoms with Gasteiger partial charge in [-0.15, -0.1) is 11.8 Å². The van der Waals surface area contributed by atoms with Gasteiger partial charge in [0.1, 0.15) is 11.5 Å². The van der Waals surface area contributed by atoms with E-state index in [9.17, 15) is 4.79 Å². The Hall–Kier alpha value is -2.05. The van der Waals surface area contributed by atoms with Crippen LogP contribution in [-0.4, -0.2) is 34.0 Å². The zero-order chi connectivity index (χ0) is 19.1. The maximum Gasteiger partial charge on any atom is 0.256 e. The highest BCUT2D eigenvalue weighted by atomic mass is 32.2. The van der Waals surface area contributed by atoms with Crippen LogP contribution in [0.25, 0.3) is 4.91 Å². The van der Waals surface area contributed by atoms with Crippen LogP contribution in [0.4, 0.5) is 5.82 Å². The van der Waals surface area contributed by atoms with Crippen LogP contribution in [0.5, 0.6) is 0 Å². The highest BCUT2D eigenvalue weighted by Gasteiger charge is 2.39. The molecule has 2 saturated carbocycles. The van der Waals surface area contributed by atoms with Crippen LogP contribution in [0.15, 0.2) is 36.4 Å². The van der Waals surface area contributed by atoms with Gasteiger partial charge in [-0.3, -0.25) is 9.48 Å². The fourth-order valence-corrected chi connectivity index (χ4v) is 4.77. The van der Waals surface area contributed by atoms with E-state index in [-0.39, 0.29) is 5.91 Å². The number of nitrogens with one attached hydrogen (secondary N) is 2. The van der Waals surface area contributed by atoms with Crippen molar-refractivity contribution in [3.05, 3.63) is 53.2 Å². The summed E-state index contributed by atoms with van der Waals surface area (Å²) in [5.74, 6) is 3.21. The summed E-state index contributed by atoms with van der Waals surface area (Å²) in [6.45, 7) is 1.15. The lowest BCUT2D eigenvalue weighted by Crippen LogP contribution is -2.20. The molecule has 1 aromatic heterocycles. The first kappa shape index (κ1) is 18.0. The van der Waals surface area contributed by atoms with Crippen LogP contribution in [0.2, 0.25) is 0 Å². The lowest BCUT2D eigenvalue weighted by molar-refractivity contribution is 0.102. The zero-order valence-electron chi connectivity index (χ0n) is 16.1. The molecule has 2 aromatic rings. The Balaban J connectivity index is 1.24. The first-order chi connectivity index (χ1) is 13.7. The summed E-state index contributed by atoms with van der Waals surface area (Å²) < 4.78 is 1.75. The van der Waals surface area contributed by atoms with Crippen molar-refractivity contribution in [3.63, 3.8) is 0 Å². The number of amides is 1. The number of rotatable bonds is 7. The highest BCUT2D eigenvalue weighted by Crippen LogP contribution is 2.42. The van der Waals surface area contributed by atoms with Crippen molar-refractivity contribution in [2.45, 2.75) is 37.6 Å². The van der Waals surface area contributed by atoms with E-state index in [0.717, 1.165) is 36.1 Å². The lowest BCUT2D eigenvalue weighted by atomic mass is 10.1. The van der Waals surface area contributed by atoms with E-state index in [4.69, 9.17) is 0 Å². The molecular formula is C22H26N4OS. The van der Waals surface area contributed by atoms with Crippen LogP contribution in [-0.2, 0) is 7.05 Å². The van der Waals surface area contributed by atoms with E-state index in [1.807, 2.05) is 43.1 Å². The van der Waals surface area contributed by atoms with Crippen LogP contribution in [0.3, 0.4) is 0 Å². The van der Waals surface area contributed by atoms with Gasteiger partial charge in [0, 0.05) is 41.3 Å². The van der Waals surface area contributed by atoms with Crippen molar-refractivity contribution in [1.29, 1.82) is 0 Å². The summed E-state index contributed by atoms with van der Waals surface area (Å²) >= 11 is 1.82. The molecule has 1 amide bonds. The molecular weight excluding hydrogens is 368 g/mol. The minimum Gasteiger partial charge on any atom is -0.313 e. The van der Waals surface area contributed by atoms with Gasteiger partial charge in [-0.25, -0.2) is 0 Å². The molecule has 0 spiro atoms. The molecule has 6 heteroatoms. The molecule has 3 aliphatic rings. The smallest absolute Gasteiger partial charge is 0.256 e. The number of thioether (sulfide) groups is 1. The molecule has 146 valence electrons. The Morgan fingerprint density at radius 3 is 3.00 bits per heavy atom. The molecule has 1 aliphatic heterocycles. The second-order valence-corrected chi connectivity index (χ2v) is 9.26. The monoisotopic (exact) mass is 394 g/mol. The van der Waals surface area contributed by atoms with Gasteiger partial charge in [-0.05, 0) is 55.8 Å². The van der Waals surface area contributed by atoms with Gasteiger partial charge >= 0.3 is 0 Å². The van der Waals surface area contributed by atoms with Gasteiger partial charge in [-0.2, -0.15) is 5.10 Å². The number of hydrogen-bond donors (Lipinski definition) is 2. The molecule has 1 aromatic carbocycles. The predicted molar refractivity (Wildman–Crippen MR) is 115 cm³/mol. The molecule has 2 atom stereocenters. The molecule has 0 saturated heterocycles. The number of aromatic nitrogens is 2. The molecule has 28 heavy (non-hydrogen) atoms. The molecule has 2 fully saturated rings. The maximum absolute atomic E-state index is 12.8. The molecule has 2 N–H and O–H groups in total. The van der Waals surface area contributed by atoms with Crippen molar-refractivity contribution >= 4 is 28.4 Å². The average Bonchev–Trinajstić information content (AvgIpc) is 3.59. The van der Waals surface area contributed by atoms with Crippen LogP contribution < -0.4 is 10.6 Å². The third-order valence-corrected chi connectivity index (χ3v) is 6.94. The average molecular weight is 395 g/mol. The third kappa shape index (κ3) is 3.89. The second kappa shape index (κ2) is 7.41. The topological polar surface area (TPSA) is 59.0 Å². The van der Waals surface area contributed by atoms with Gasteiger partial charge in [0.2, 0.25) is 0 Å². The number of hydrogen-bond acceptors (Lipinski definition) is 4. The van der Waals surface area contributed by atoms with E-state index in [0.29, 0.717) is 17.5 Å². The van der Waals surface area contributed by atoms with Gasteiger partial charge in [0.25, 0.3) is 5.91 Å². The first-order valence-corrected chi connectivity index (χ1v) is 11.2. The third-order valence-electron chi connectivity index (χ3n) is 5.81. The van der Waals surface area contributed by atoms with Gasteiger partial charge < -0.3 is 10.6 Å². The molecule has 0 bridgehead atoms. The van der Waals surface area contributed by atoms with Gasteiger partial charge in [0.15, 0.2) is 0 Å². The van der Waals surface area contributed by atoms with Gasteiger partial charge in [0.05, 0.1) is 0 Å². The zero-order valence-corrected chi connectivity index (χ0v) is 17.0. The minimum absolute atomic E-state index is 0.0763. The van der Waals surface area contributed by atoms with Crippen molar-refractivity contribution in [3.8, 4) is 0 Å². The fraction of sp³-hybridized carbons (Fsp3) is 0.455. The normalized spacial score (nSPS) is 23.5. The number of aryl methyl sites for hydroxylation is 1. The number of carbonyl (C=O) groups excluding carboxylic acids is 1. The molecule has 2 heterocycles. The Bertz CT molecular complexity index is 930. The standard InChI is InChI=1S/C22H26N4OS/c1-26-21(12-19(25-26)20-6-3-9-28-20)24-22(27)16-5-2-4-15(10-16)17-11-18(17)23-13-14-7-8-14/h2,4-6,10,12,14,17-18,23H,3,7-9,11,13H2,1H3,(H,24,27). The fourth-order valence-electron chi connectivity index (χ4n) is 3.83. The van der Waals surface area contributed by atoms with E-state index < -0.39 is 0 Å². The molecule has 2 aliphatic carbocycles. The first-order valence-electron chi connectivity index (χ1n) is 10.2. The molecule has 0 radical (unpaired) electrons. The number of nitrogens with zero attached hydrogens (tertiary/aromatic N) is 2. The summed E-state index contributed by atoms with van der Waals surface area (Å²) in [6.07, 6.45) is 7.24. The number of carbonyl (C=O) groups is 1.